The summed E-state index contributed by atoms with van der Waals surface area (Å²) in [5.74, 6) is 1.78. The van der Waals surface area contributed by atoms with Gasteiger partial charge in [0.25, 0.3) is 0 Å². The van der Waals surface area contributed by atoms with Crippen molar-refractivity contribution in [3.05, 3.63) is 5.82 Å². The lowest BCUT2D eigenvalue weighted by Gasteiger charge is -2.36. The van der Waals surface area contributed by atoms with Gasteiger partial charge in [-0.25, -0.2) is 13.4 Å². The highest BCUT2D eigenvalue weighted by molar-refractivity contribution is 14.0. The van der Waals surface area contributed by atoms with Gasteiger partial charge in [-0.2, -0.15) is 8.68 Å². The number of nitrogens with zero attached hydrogens (tertiary/aromatic N) is 6. The Morgan fingerprint density at radius 2 is 1.97 bits per heavy atom. The summed E-state index contributed by atoms with van der Waals surface area (Å²) in [6.07, 6.45) is 3.93. The first kappa shape index (κ1) is 24.5. The van der Waals surface area contributed by atoms with Crippen LogP contribution in [0, 0.1) is 0 Å². The van der Waals surface area contributed by atoms with E-state index < -0.39 is 10.0 Å². The summed E-state index contributed by atoms with van der Waals surface area (Å²) < 4.78 is 29.9. The molecule has 2 aliphatic heterocycles. The summed E-state index contributed by atoms with van der Waals surface area (Å²) >= 11 is 1.47. The van der Waals surface area contributed by atoms with Crippen LogP contribution < -0.4 is 10.2 Å². The fraction of sp³-hybridized carbons (Fsp3) is 0.824. The van der Waals surface area contributed by atoms with Crippen molar-refractivity contribution < 1.29 is 8.42 Å². The van der Waals surface area contributed by atoms with Crippen LogP contribution in [-0.4, -0.2) is 91.1 Å². The highest BCUT2D eigenvalue weighted by atomic mass is 127. The predicted octanol–water partition coefficient (Wildman–Crippen LogP) is 1.23. The standard InChI is InChI=1S/C17H31N7O2S2.HI/c1-4-15-20-17(27-21-15)23-11-9-22(10-12-23)16(18-5-2)19-13-14-7-6-8-24(14)28(3,25)26;/h14H,4-13H2,1-3H3,(H,18,19);1H/t14-;/m1./s1. The van der Waals surface area contributed by atoms with Crippen molar-refractivity contribution in [3.63, 3.8) is 0 Å². The second kappa shape index (κ2) is 11.0. The molecule has 3 heterocycles. The minimum atomic E-state index is -3.16. The number of anilines is 1. The van der Waals surface area contributed by atoms with E-state index in [2.05, 4.69) is 38.3 Å². The molecule has 0 aromatic carbocycles. The summed E-state index contributed by atoms with van der Waals surface area (Å²) in [7, 11) is -3.16. The maximum absolute atomic E-state index is 11.9. The third kappa shape index (κ3) is 6.37. The first-order chi connectivity index (χ1) is 13.4. The number of piperazine rings is 1. The molecular weight excluding hydrogens is 525 g/mol. The van der Waals surface area contributed by atoms with Gasteiger partial charge in [0.2, 0.25) is 15.2 Å². The fourth-order valence-electron chi connectivity index (χ4n) is 3.67. The largest absolute Gasteiger partial charge is 0.357 e. The van der Waals surface area contributed by atoms with Crippen molar-refractivity contribution >= 4 is 56.6 Å². The van der Waals surface area contributed by atoms with Crippen LogP contribution in [0.5, 0.6) is 0 Å². The van der Waals surface area contributed by atoms with E-state index in [1.54, 1.807) is 4.31 Å². The van der Waals surface area contributed by atoms with Crippen molar-refractivity contribution in [2.45, 2.75) is 39.2 Å². The third-order valence-corrected chi connectivity index (χ3v) is 7.31. The van der Waals surface area contributed by atoms with Crippen molar-refractivity contribution in [2.24, 2.45) is 4.99 Å². The molecule has 2 saturated heterocycles. The zero-order chi connectivity index (χ0) is 20.1. The molecule has 3 rings (SSSR count). The van der Waals surface area contributed by atoms with E-state index in [0.29, 0.717) is 13.1 Å². The minimum absolute atomic E-state index is 0. The first-order valence-electron chi connectivity index (χ1n) is 10.00. The second-order valence-corrected chi connectivity index (χ2v) is 9.85. The van der Waals surface area contributed by atoms with E-state index in [1.807, 2.05) is 0 Å². The van der Waals surface area contributed by atoms with Crippen LogP contribution in [0.2, 0.25) is 0 Å². The zero-order valence-electron chi connectivity index (χ0n) is 17.4. The highest BCUT2D eigenvalue weighted by Gasteiger charge is 2.31. The normalized spacial score (nSPS) is 21.3. The van der Waals surface area contributed by atoms with E-state index in [4.69, 9.17) is 4.99 Å². The van der Waals surface area contributed by atoms with Gasteiger partial charge in [0, 0.05) is 63.3 Å². The molecule has 1 N–H and O–H groups in total. The van der Waals surface area contributed by atoms with Crippen molar-refractivity contribution in [3.8, 4) is 0 Å². The predicted molar refractivity (Wildman–Crippen MR) is 129 cm³/mol. The number of rotatable bonds is 6. The van der Waals surface area contributed by atoms with Crippen LogP contribution in [0.15, 0.2) is 4.99 Å². The zero-order valence-corrected chi connectivity index (χ0v) is 21.3. The smallest absolute Gasteiger partial charge is 0.211 e. The van der Waals surface area contributed by atoms with Gasteiger partial charge in [0.1, 0.15) is 5.82 Å². The lowest BCUT2D eigenvalue weighted by atomic mass is 10.2. The summed E-state index contributed by atoms with van der Waals surface area (Å²) in [5.41, 5.74) is 0. The van der Waals surface area contributed by atoms with Gasteiger partial charge in [-0.3, -0.25) is 4.99 Å². The molecule has 0 radical (unpaired) electrons. The first-order valence-corrected chi connectivity index (χ1v) is 12.6. The van der Waals surface area contributed by atoms with Crippen LogP contribution in [-0.2, 0) is 16.4 Å². The Balaban J connectivity index is 0.00000300. The average Bonchev–Trinajstić information content (AvgIpc) is 3.34. The number of guanidine groups is 1. The van der Waals surface area contributed by atoms with Crippen LogP contribution in [0.25, 0.3) is 0 Å². The molecule has 1 aromatic heterocycles. The van der Waals surface area contributed by atoms with E-state index in [0.717, 1.165) is 68.9 Å². The van der Waals surface area contributed by atoms with Crippen molar-refractivity contribution in [1.82, 2.24) is 23.9 Å². The Morgan fingerprint density at radius 3 is 2.55 bits per heavy atom. The maximum Gasteiger partial charge on any atom is 0.211 e. The van der Waals surface area contributed by atoms with Gasteiger partial charge in [-0.15, -0.1) is 24.0 Å². The molecule has 9 nitrogen and oxygen atoms in total. The quantitative estimate of drug-likeness (QED) is 0.320. The Hall–Kier alpha value is -0.730. The van der Waals surface area contributed by atoms with E-state index in [9.17, 15) is 8.42 Å². The molecular formula is C17H32IN7O2S2. The number of aryl methyl sites for hydroxylation is 1. The van der Waals surface area contributed by atoms with Crippen LogP contribution in [0.1, 0.15) is 32.5 Å². The van der Waals surface area contributed by atoms with Gasteiger partial charge in [0.15, 0.2) is 5.96 Å². The molecule has 0 bridgehead atoms. The molecule has 166 valence electrons. The number of aromatic nitrogens is 2. The molecule has 1 aromatic rings. The Labute approximate surface area is 195 Å². The molecule has 0 aliphatic carbocycles. The number of sulfonamides is 1. The van der Waals surface area contributed by atoms with Crippen molar-refractivity contribution in [1.29, 1.82) is 0 Å². The van der Waals surface area contributed by atoms with E-state index >= 15 is 0 Å². The van der Waals surface area contributed by atoms with Gasteiger partial charge in [0.05, 0.1) is 12.8 Å². The van der Waals surface area contributed by atoms with Crippen LogP contribution in [0.4, 0.5) is 5.13 Å². The molecule has 0 unspecified atom stereocenters. The summed E-state index contributed by atoms with van der Waals surface area (Å²) in [6.45, 7) is 9.48. The lowest BCUT2D eigenvalue weighted by Crippen LogP contribution is -2.53. The summed E-state index contributed by atoms with van der Waals surface area (Å²) in [5, 5.41) is 4.36. The number of hydrogen-bond donors (Lipinski definition) is 1. The average molecular weight is 558 g/mol. The number of halogens is 1. The van der Waals surface area contributed by atoms with Gasteiger partial charge in [-0.05, 0) is 19.8 Å². The maximum atomic E-state index is 11.9. The second-order valence-electron chi connectivity index (χ2n) is 7.19. The molecule has 1 atom stereocenters. The Morgan fingerprint density at radius 1 is 1.24 bits per heavy atom. The fourth-order valence-corrected chi connectivity index (χ4v) is 5.65. The number of nitrogens with one attached hydrogen (secondary N) is 1. The Kier molecular flexibility index (Phi) is 9.35. The lowest BCUT2D eigenvalue weighted by molar-refractivity contribution is 0.365. The van der Waals surface area contributed by atoms with Crippen LogP contribution in [0.3, 0.4) is 0 Å². The monoisotopic (exact) mass is 557 g/mol. The van der Waals surface area contributed by atoms with Crippen LogP contribution >= 0.6 is 35.5 Å². The SMILES string of the molecule is CCNC(=NC[C@H]1CCCN1S(C)(=O)=O)N1CCN(c2nc(CC)ns2)CC1.I. The van der Waals surface area contributed by atoms with E-state index in [-0.39, 0.29) is 30.0 Å². The molecule has 0 amide bonds. The van der Waals surface area contributed by atoms with Gasteiger partial charge >= 0.3 is 0 Å². The van der Waals surface area contributed by atoms with Gasteiger partial charge in [-0.1, -0.05) is 6.92 Å². The van der Waals surface area contributed by atoms with E-state index in [1.165, 1.54) is 17.8 Å². The molecule has 2 fully saturated rings. The molecule has 29 heavy (non-hydrogen) atoms. The third-order valence-electron chi connectivity index (χ3n) is 5.16. The minimum Gasteiger partial charge on any atom is -0.357 e. The molecule has 12 heteroatoms. The number of hydrogen-bond acceptors (Lipinski definition) is 7. The summed E-state index contributed by atoms with van der Waals surface area (Å²) in [4.78, 5) is 13.9. The summed E-state index contributed by atoms with van der Waals surface area (Å²) in [6, 6.07) is -0.0289. The topological polar surface area (TPSA) is 94.0 Å². The Bertz CT molecular complexity index is 778. The highest BCUT2D eigenvalue weighted by Crippen LogP contribution is 2.21. The number of aliphatic imine (C=N–C) groups is 1. The van der Waals surface area contributed by atoms with Gasteiger partial charge < -0.3 is 15.1 Å². The molecule has 0 saturated carbocycles. The van der Waals surface area contributed by atoms with Crippen molar-refractivity contribution in [2.75, 3.05) is 57.0 Å². The molecule has 2 aliphatic rings. The molecule has 0 spiro atoms.